The summed E-state index contributed by atoms with van der Waals surface area (Å²) in [6.07, 6.45) is 2.28. The minimum Gasteiger partial charge on any atom is -0.454 e. The molecule has 6 nitrogen and oxygen atoms in total. The molecule has 0 bridgehead atoms. The van der Waals surface area contributed by atoms with Gasteiger partial charge in [0.1, 0.15) is 11.3 Å². The number of pyridine rings is 1. The van der Waals surface area contributed by atoms with Gasteiger partial charge in [0.25, 0.3) is 5.91 Å². The van der Waals surface area contributed by atoms with E-state index < -0.39 is 0 Å². The minimum atomic E-state index is -0.227. The maximum Gasteiger partial charge on any atom is 0.256 e. The number of hydrogen-bond acceptors (Lipinski definition) is 5. The molecule has 1 aromatic heterocycles. The number of nitrogens with one attached hydrogen (secondary N) is 1. The van der Waals surface area contributed by atoms with Gasteiger partial charge in [-0.15, -0.1) is 0 Å². The van der Waals surface area contributed by atoms with Gasteiger partial charge in [0, 0.05) is 12.7 Å². The third-order valence-electron chi connectivity index (χ3n) is 4.11. The molecule has 136 valence electrons. The molecule has 0 fully saturated rings. The highest BCUT2D eigenvalue weighted by Crippen LogP contribution is 2.32. The number of carbonyl (C=O) groups is 1. The Bertz CT molecular complexity index is 944. The predicted octanol–water partition coefficient (Wildman–Crippen LogP) is 3.58. The quantitative estimate of drug-likeness (QED) is 0.726. The van der Waals surface area contributed by atoms with Gasteiger partial charge in [-0.05, 0) is 48.4 Å². The predicted molar refractivity (Wildman–Crippen MR) is 99.4 cm³/mol. The number of rotatable bonds is 6. The largest absolute Gasteiger partial charge is 0.454 e. The van der Waals surface area contributed by atoms with Crippen LogP contribution in [0.25, 0.3) is 0 Å². The van der Waals surface area contributed by atoms with E-state index in [1.54, 1.807) is 18.3 Å². The molecule has 1 aliphatic heterocycles. The fourth-order valence-electron chi connectivity index (χ4n) is 2.76. The monoisotopic (exact) mass is 362 g/mol. The second kappa shape index (κ2) is 7.78. The third-order valence-corrected chi connectivity index (χ3v) is 4.11. The van der Waals surface area contributed by atoms with Gasteiger partial charge in [0.15, 0.2) is 11.5 Å². The molecule has 27 heavy (non-hydrogen) atoms. The van der Waals surface area contributed by atoms with Gasteiger partial charge in [-0.2, -0.15) is 0 Å². The second-order valence-corrected chi connectivity index (χ2v) is 5.96. The van der Waals surface area contributed by atoms with Crippen LogP contribution in [0.5, 0.6) is 23.1 Å². The maximum atomic E-state index is 12.6. The molecule has 1 N–H and O–H groups in total. The number of para-hydroxylation sites is 1. The van der Waals surface area contributed by atoms with Gasteiger partial charge < -0.3 is 19.5 Å². The van der Waals surface area contributed by atoms with Crippen molar-refractivity contribution in [3.05, 3.63) is 78.0 Å². The SMILES string of the molecule is O=C(NCCc1ccc2c(c1)OCO2)c1cccnc1Oc1ccccc1. The summed E-state index contributed by atoms with van der Waals surface area (Å²) in [6, 6.07) is 18.4. The van der Waals surface area contributed by atoms with Crippen molar-refractivity contribution in [2.45, 2.75) is 6.42 Å². The summed E-state index contributed by atoms with van der Waals surface area (Å²) in [6.45, 7) is 0.735. The average Bonchev–Trinajstić information content (AvgIpc) is 3.17. The van der Waals surface area contributed by atoms with Crippen LogP contribution in [0.1, 0.15) is 15.9 Å². The molecule has 2 aromatic carbocycles. The first-order valence-electron chi connectivity index (χ1n) is 8.64. The van der Waals surface area contributed by atoms with Crippen molar-refractivity contribution >= 4 is 5.91 Å². The molecule has 1 aliphatic rings. The van der Waals surface area contributed by atoms with E-state index in [0.717, 1.165) is 17.1 Å². The van der Waals surface area contributed by atoms with Crippen LogP contribution in [-0.2, 0) is 6.42 Å². The van der Waals surface area contributed by atoms with Crippen LogP contribution in [0, 0.1) is 0 Å². The highest BCUT2D eigenvalue weighted by molar-refractivity contribution is 5.96. The average molecular weight is 362 g/mol. The van der Waals surface area contributed by atoms with Crippen molar-refractivity contribution in [3.8, 4) is 23.1 Å². The van der Waals surface area contributed by atoms with Crippen LogP contribution >= 0.6 is 0 Å². The van der Waals surface area contributed by atoms with Crippen molar-refractivity contribution in [1.29, 1.82) is 0 Å². The standard InChI is InChI=1S/C21H18N2O4/c24-20(22-12-10-15-8-9-18-19(13-15)26-14-25-18)17-7-4-11-23-21(17)27-16-5-2-1-3-6-16/h1-9,11,13H,10,12,14H2,(H,22,24). The molecule has 0 unspecified atom stereocenters. The summed E-state index contributed by atoms with van der Waals surface area (Å²) in [5.41, 5.74) is 1.46. The van der Waals surface area contributed by atoms with E-state index in [1.807, 2.05) is 48.5 Å². The third kappa shape index (κ3) is 4.00. The summed E-state index contributed by atoms with van der Waals surface area (Å²) in [4.78, 5) is 16.7. The molecule has 0 spiro atoms. The van der Waals surface area contributed by atoms with Crippen LogP contribution in [0.4, 0.5) is 0 Å². The van der Waals surface area contributed by atoms with Crippen molar-refractivity contribution in [2.75, 3.05) is 13.3 Å². The Morgan fingerprint density at radius 2 is 1.89 bits per heavy atom. The van der Waals surface area contributed by atoms with Crippen molar-refractivity contribution in [2.24, 2.45) is 0 Å². The van der Waals surface area contributed by atoms with E-state index in [-0.39, 0.29) is 18.6 Å². The smallest absolute Gasteiger partial charge is 0.256 e. The van der Waals surface area contributed by atoms with Gasteiger partial charge in [-0.3, -0.25) is 4.79 Å². The van der Waals surface area contributed by atoms with E-state index >= 15 is 0 Å². The van der Waals surface area contributed by atoms with Gasteiger partial charge in [0.05, 0.1) is 0 Å². The number of hydrogen-bond donors (Lipinski definition) is 1. The Labute approximate surface area is 156 Å². The van der Waals surface area contributed by atoms with Crippen molar-refractivity contribution in [3.63, 3.8) is 0 Å². The Morgan fingerprint density at radius 3 is 2.78 bits per heavy atom. The molecule has 4 rings (SSSR count). The fourth-order valence-corrected chi connectivity index (χ4v) is 2.76. The van der Waals surface area contributed by atoms with Gasteiger partial charge in [-0.1, -0.05) is 24.3 Å². The zero-order valence-corrected chi connectivity index (χ0v) is 14.6. The Balaban J connectivity index is 1.38. The fraction of sp³-hybridized carbons (Fsp3) is 0.143. The van der Waals surface area contributed by atoms with E-state index in [2.05, 4.69) is 10.3 Å². The topological polar surface area (TPSA) is 69.7 Å². The molecular weight excluding hydrogens is 344 g/mol. The highest BCUT2D eigenvalue weighted by atomic mass is 16.7. The van der Waals surface area contributed by atoms with E-state index in [1.165, 1.54) is 0 Å². The zero-order valence-electron chi connectivity index (χ0n) is 14.6. The Hall–Kier alpha value is -3.54. The van der Waals surface area contributed by atoms with Crippen molar-refractivity contribution < 1.29 is 19.0 Å². The summed E-state index contributed by atoms with van der Waals surface area (Å²) in [5, 5.41) is 2.91. The van der Waals surface area contributed by atoms with Crippen molar-refractivity contribution in [1.82, 2.24) is 10.3 Å². The minimum absolute atomic E-state index is 0.227. The first-order valence-corrected chi connectivity index (χ1v) is 8.64. The lowest BCUT2D eigenvalue weighted by molar-refractivity contribution is 0.0951. The summed E-state index contributed by atoms with van der Waals surface area (Å²) in [7, 11) is 0. The van der Waals surface area contributed by atoms with E-state index in [9.17, 15) is 4.79 Å². The molecular formula is C21H18N2O4. The lowest BCUT2D eigenvalue weighted by atomic mass is 10.1. The van der Waals surface area contributed by atoms with Crippen LogP contribution in [-0.4, -0.2) is 24.2 Å². The number of nitrogens with zero attached hydrogens (tertiary/aromatic N) is 1. The molecule has 6 heteroatoms. The van der Waals surface area contributed by atoms with Crippen LogP contribution in [0.2, 0.25) is 0 Å². The number of fused-ring (bicyclic) bond motifs is 1. The highest BCUT2D eigenvalue weighted by Gasteiger charge is 2.15. The maximum absolute atomic E-state index is 12.6. The Morgan fingerprint density at radius 1 is 1.04 bits per heavy atom. The first-order chi connectivity index (χ1) is 13.3. The molecule has 0 aliphatic carbocycles. The molecule has 0 atom stereocenters. The van der Waals surface area contributed by atoms with Gasteiger partial charge in [-0.25, -0.2) is 4.98 Å². The van der Waals surface area contributed by atoms with Crippen LogP contribution < -0.4 is 19.5 Å². The number of benzene rings is 2. The first kappa shape index (κ1) is 16.9. The number of ether oxygens (including phenoxy) is 3. The van der Waals surface area contributed by atoms with E-state index in [0.29, 0.717) is 24.3 Å². The molecule has 3 aromatic rings. The summed E-state index contributed by atoms with van der Waals surface area (Å²) in [5.74, 6) is 2.18. The van der Waals surface area contributed by atoms with Gasteiger partial charge >= 0.3 is 0 Å². The van der Waals surface area contributed by atoms with Crippen LogP contribution in [0.15, 0.2) is 66.9 Å². The lowest BCUT2D eigenvalue weighted by Gasteiger charge is -2.10. The van der Waals surface area contributed by atoms with Crippen LogP contribution in [0.3, 0.4) is 0 Å². The van der Waals surface area contributed by atoms with Gasteiger partial charge in [0.2, 0.25) is 12.7 Å². The second-order valence-electron chi connectivity index (χ2n) is 5.96. The summed E-state index contributed by atoms with van der Waals surface area (Å²) >= 11 is 0. The lowest BCUT2D eigenvalue weighted by Crippen LogP contribution is -2.26. The molecule has 1 amide bonds. The Kier molecular flexibility index (Phi) is 4.87. The summed E-state index contributed by atoms with van der Waals surface area (Å²) < 4.78 is 16.4. The molecule has 0 saturated carbocycles. The zero-order chi connectivity index (χ0) is 18.5. The van der Waals surface area contributed by atoms with E-state index in [4.69, 9.17) is 14.2 Å². The number of carbonyl (C=O) groups excluding carboxylic acids is 1. The number of amides is 1. The molecule has 2 heterocycles. The normalized spacial score (nSPS) is 11.9. The molecule has 0 radical (unpaired) electrons. The number of aromatic nitrogens is 1. The molecule has 0 saturated heterocycles.